The molecule has 0 fully saturated rings. The van der Waals surface area contributed by atoms with Gasteiger partial charge in [-0.15, -0.1) is 0 Å². The van der Waals surface area contributed by atoms with Crippen molar-refractivity contribution in [1.29, 1.82) is 0 Å². The van der Waals surface area contributed by atoms with Crippen LogP contribution in [0.2, 0.25) is 5.02 Å². The number of carbonyl (C=O) groups is 1. The number of hydrogen-bond donors (Lipinski definition) is 1. The van der Waals surface area contributed by atoms with E-state index in [1.807, 2.05) is 0 Å². The van der Waals surface area contributed by atoms with Crippen molar-refractivity contribution in [2.75, 3.05) is 5.32 Å². The van der Waals surface area contributed by atoms with E-state index in [9.17, 15) is 18.0 Å². The summed E-state index contributed by atoms with van der Waals surface area (Å²) < 4.78 is 41.5. The van der Waals surface area contributed by atoms with Gasteiger partial charge in [-0.3, -0.25) is 9.48 Å². The molecule has 27 heavy (non-hydrogen) atoms. The van der Waals surface area contributed by atoms with E-state index in [2.05, 4.69) is 10.4 Å². The Bertz CT molecular complexity index is 1020. The minimum absolute atomic E-state index is 0.00491. The van der Waals surface area contributed by atoms with Crippen molar-refractivity contribution in [1.82, 2.24) is 9.78 Å². The molecule has 4 nitrogen and oxygen atoms in total. The monoisotopic (exact) mass is 393 g/mol. The predicted octanol–water partition coefficient (Wildman–Crippen LogP) is 5.38. The molecule has 0 saturated heterocycles. The van der Waals surface area contributed by atoms with Crippen molar-refractivity contribution >= 4 is 23.2 Å². The molecule has 0 aliphatic heterocycles. The molecule has 0 saturated carbocycles. The first kappa shape index (κ1) is 19.0. The van der Waals surface area contributed by atoms with Crippen molar-refractivity contribution in [3.63, 3.8) is 0 Å². The Balaban J connectivity index is 2.01. The first-order valence-corrected chi connectivity index (χ1v) is 8.34. The molecule has 140 valence electrons. The maximum Gasteiger partial charge on any atom is 0.282 e. The summed E-state index contributed by atoms with van der Waals surface area (Å²) >= 11 is 5.80. The molecule has 0 unspecified atom stereocenters. The number of halogens is 4. The third-order valence-electron chi connectivity index (χ3n) is 4.11. The van der Waals surface area contributed by atoms with Crippen molar-refractivity contribution in [2.45, 2.75) is 13.3 Å². The maximum atomic E-state index is 14.2. The second kappa shape index (κ2) is 7.44. The molecule has 0 aliphatic rings. The number of nitrogens with one attached hydrogen (secondary N) is 1. The SMILES string of the molecule is Cc1c(-c2ccccc2NC(=O)c2cn(C)nc2C(F)F)ccc(Cl)c1F. The molecule has 1 amide bonds. The number of anilines is 1. The quantitative estimate of drug-likeness (QED) is 0.647. The summed E-state index contributed by atoms with van der Waals surface area (Å²) in [6, 6.07) is 9.78. The van der Waals surface area contributed by atoms with E-state index in [1.54, 1.807) is 37.3 Å². The van der Waals surface area contributed by atoms with Gasteiger partial charge in [0.2, 0.25) is 0 Å². The highest BCUT2D eigenvalue weighted by molar-refractivity contribution is 6.30. The molecule has 2 aromatic carbocycles. The van der Waals surface area contributed by atoms with Crippen molar-refractivity contribution < 1.29 is 18.0 Å². The van der Waals surface area contributed by atoms with Gasteiger partial charge < -0.3 is 5.32 Å². The van der Waals surface area contributed by atoms with Crippen LogP contribution in [0.1, 0.15) is 28.0 Å². The zero-order valence-electron chi connectivity index (χ0n) is 14.4. The van der Waals surface area contributed by atoms with Crippen LogP contribution in [-0.4, -0.2) is 15.7 Å². The summed E-state index contributed by atoms with van der Waals surface area (Å²) in [5.41, 5.74) is 0.937. The van der Waals surface area contributed by atoms with Crippen LogP contribution in [-0.2, 0) is 7.05 Å². The van der Waals surface area contributed by atoms with Gasteiger partial charge in [-0.1, -0.05) is 35.9 Å². The fourth-order valence-corrected chi connectivity index (χ4v) is 3.01. The number of hydrogen-bond acceptors (Lipinski definition) is 2. The van der Waals surface area contributed by atoms with Gasteiger partial charge in [0.15, 0.2) is 0 Å². The number of benzene rings is 2. The topological polar surface area (TPSA) is 46.9 Å². The summed E-state index contributed by atoms with van der Waals surface area (Å²) in [7, 11) is 1.45. The lowest BCUT2D eigenvalue weighted by molar-refractivity contribution is 0.101. The van der Waals surface area contributed by atoms with Crippen LogP contribution in [0.3, 0.4) is 0 Å². The van der Waals surface area contributed by atoms with E-state index < -0.39 is 23.8 Å². The summed E-state index contributed by atoms with van der Waals surface area (Å²) in [6.45, 7) is 1.57. The number of nitrogens with zero attached hydrogens (tertiary/aromatic N) is 2. The summed E-state index contributed by atoms with van der Waals surface area (Å²) in [5, 5.41) is 6.24. The standard InChI is InChI=1S/C19H15ClF3N3O/c1-10-11(7-8-14(20)16(10)21)12-5-3-4-6-15(12)24-19(27)13-9-26(2)25-17(13)18(22)23/h3-9,18H,1-2H3,(H,24,27). The Kier molecular flexibility index (Phi) is 5.23. The van der Waals surface area contributed by atoms with Crippen molar-refractivity contribution in [3.8, 4) is 11.1 Å². The molecule has 1 N–H and O–H groups in total. The van der Waals surface area contributed by atoms with Crippen molar-refractivity contribution in [3.05, 3.63) is 70.3 Å². The Labute approximate surface area is 158 Å². The molecule has 0 spiro atoms. The molecule has 3 rings (SSSR count). The molecule has 0 aliphatic carbocycles. The van der Waals surface area contributed by atoms with Crippen LogP contribution in [0.4, 0.5) is 18.9 Å². The molecule has 1 heterocycles. The molecule has 1 aromatic heterocycles. The van der Waals surface area contributed by atoms with Gasteiger partial charge in [-0.2, -0.15) is 5.10 Å². The predicted molar refractivity (Wildman–Crippen MR) is 97.7 cm³/mol. The average molecular weight is 394 g/mol. The molecule has 8 heteroatoms. The lowest BCUT2D eigenvalue weighted by atomic mass is 9.98. The third kappa shape index (κ3) is 3.68. The lowest BCUT2D eigenvalue weighted by Gasteiger charge is -2.14. The van der Waals surface area contributed by atoms with Crippen LogP contribution in [0, 0.1) is 12.7 Å². The van der Waals surface area contributed by atoms with Gasteiger partial charge >= 0.3 is 0 Å². The molecular formula is C19H15ClF3N3O. The third-order valence-corrected chi connectivity index (χ3v) is 4.41. The zero-order valence-corrected chi connectivity index (χ0v) is 15.2. The van der Waals surface area contributed by atoms with Crippen LogP contribution >= 0.6 is 11.6 Å². The Morgan fingerprint density at radius 2 is 1.89 bits per heavy atom. The van der Waals surface area contributed by atoms with E-state index in [4.69, 9.17) is 11.6 Å². The van der Waals surface area contributed by atoms with Gasteiger partial charge in [0.05, 0.1) is 10.6 Å². The van der Waals surface area contributed by atoms with E-state index in [0.29, 0.717) is 22.4 Å². The zero-order chi connectivity index (χ0) is 19.7. The summed E-state index contributed by atoms with van der Waals surface area (Å²) in [6.07, 6.45) is -1.65. The van der Waals surface area contributed by atoms with E-state index in [-0.39, 0.29) is 10.6 Å². The summed E-state index contributed by atoms with van der Waals surface area (Å²) in [5.74, 6) is -1.28. The first-order chi connectivity index (χ1) is 12.8. The van der Waals surface area contributed by atoms with Crippen LogP contribution in [0.15, 0.2) is 42.6 Å². The van der Waals surface area contributed by atoms with E-state index in [0.717, 1.165) is 4.68 Å². The second-order valence-corrected chi connectivity index (χ2v) is 6.34. The number of para-hydroxylation sites is 1. The highest BCUT2D eigenvalue weighted by Crippen LogP contribution is 2.34. The number of alkyl halides is 2. The minimum atomic E-state index is -2.88. The summed E-state index contributed by atoms with van der Waals surface area (Å²) in [4.78, 5) is 12.5. The van der Waals surface area contributed by atoms with Gasteiger partial charge in [-0.05, 0) is 30.2 Å². The van der Waals surface area contributed by atoms with Gasteiger partial charge in [-0.25, -0.2) is 13.2 Å². The molecule has 0 radical (unpaired) electrons. The minimum Gasteiger partial charge on any atom is -0.321 e. The number of aromatic nitrogens is 2. The Morgan fingerprint density at radius 3 is 2.59 bits per heavy atom. The average Bonchev–Trinajstić information content (AvgIpc) is 3.03. The molecule has 3 aromatic rings. The van der Waals surface area contributed by atoms with Gasteiger partial charge in [0.1, 0.15) is 11.5 Å². The number of amides is 1. The van der Waals surface area contributed by atoms with Gasteiger partial charge in [0, 0.05) is 24.5 Å². The van der Waals surface area contributed by atoms with Crippen LogP contribution in [0.25, 0.3) is 11.1 Å². The largest absolute Gasteiger partial charge is 0.321 e. The number of rotatable bonds is 4. The van der Waals surface area contributed by atoms with Crippen LogP contribution in [0.5, 0.6) is 0 Å². The highest BCUT2D eigenvalue weighted by atomic mass is 35.5. The fourth-order valence-electron chi connectivity index (χ4n) is 2.80. The van der Waals surface area contributed by atoms with Crippen molar-refractivity contribution in [2.24, 2.45) is 7.05 Å². The maximum absolute atomic E-state index is 14.2. The lowest BCUT2D eigenvalue weighted by Crippen LogP contribution is -2.14. The number of aryl methyl sites for hydroxylation is 1. The normalized spacial score (nSPS) is 11.1. The second-order valence-electron chi connectivity index (χ2n) is 5.94. The first-order valence-electron chi connectivity index (χ1n) is 7.96. The molecular weight excluding hydrogens is 379 g/mol. The smallest absolute Gasteiger partial charge is 0.282 e. The molecule has 0 atom stereocenters. The Hall–Kier alpha value is -2.80. The van der Waals surface area contributed by atoms with E-state index >= 15 is 0 Å². The fraction of sp³-hybridized carbons (Fsp3) is 0.158. The van der Waals surface area contributed by atoms with Crippen LogP contribution < -0.4 is 5.32 Å². The molecule has 0 bridgehead atoms. The van der Waals surface area contributed by atoms with Gasteiger partial charge in [0.25, 0.3) is 12.3 Å². The van der Waals surface area contributed by atoms with E-state index in [1.165, 1.54) is 19.3 Å². The highest BCUT2D eigenvalue weighted by Gasteiger charge is 2.23. The number of carbonyl (C=O) groups excluding carboxylic acids is 1. The Morgan fingerprint density at radius 1 is 1.19 bits per heavy atom.